The quantitative estimate of drug-likeness (QED) is 0.240. The lowest BCUT2D eigenvalue weighted by Crippen LogP contribution is -2.67. The van der Waals surface area contributed by atoms with Crippen LogP contribution in [0.3, 0.4) is 0 Å². The van der Waals surface area contributed by atoms with Gasteiger partial charge in [0.15, 0.2) is 0 Å². The van der Waals surface area contributed by atoms with Crippen molar-refractivity contribution < 1.29 is 45.6 Å². The van der Waals surface area contributed by atoms with Crippen LogP contribution in [-0.4, -0.2) is 115 Å². The molecule has 0 radical (unpaired) electrons. The number of aliphatic hydroxyl groups excluding tert-OH is 8. The van der Waals surface area contributed by atoms with Gasteiger partial charge in [0.1, 0.15) is 30.5 Å². The topological polar surface area (TPSA) is 183 Å². The van der Waals surface area contributed by atoms with E-state index in [1.54, 1.807) is 0 Å². The Morgan fingerprint density at radius 3 is 1.70 bits per heavy atom. The van der Waals surface area contributed by atoms with Crippen LogP contribution in [-0.2, 0) is 4.74 Å². The van der Waals surface area contributed by atoms with E-state index in [0.29, 0.717) is 0 Å². The second-order valence-electron chi connectivity index (χ2n) is 6.14. The van der Waals surface area contributed by atoms with Gasteiger partial charge in [0, 0.05) is 6.04 Å². The molecule has 6 unspecified atom stereocenters. The highest BCUT2D eigenvalue weighted by molar-refractivity contribution is 5.01. The number of ether oxygens (including phenoxy) is 1. The molecule has 0 amide bonds. The normalized spacial score (nSPS) is 51.7. The Kier molecular flexibility index (Phi) is 6.30. The molecular formula is C13H25NO9. The molecule has 2 rings (SSSR count). The number of rotatable bonds is 4. The Hall–Kier alpha value is -0.400. The van der Waals surface area contributed by atoms with Crippen LogP contribution in [0.25, 0.3) is 0 Å². The lowest BCUT2D eigenvalue weighted by Gasteiger charge is -2.45. The van der Waals surface area contributed by atoms with Gasteiger partial charge in [-0.05, 0) is 6.42 Å². The SMILES string of the molecule is OCC1N[C@@H](C[C@@H]2OC(CO)[C@@H](O)C(O)C2O)C(O)C(O)[C@@H]1O. The van der Waals surface area contributed by atoms with E-state index in [2.05, 4.69) is 5.32 Å². The van der Waals surface area contributed by atoms with Crippen molar-refractivity contribution in [1.29, 1.82) is 0 Å². The van der Waals surface area contributed by atoms with Crippen LogP contribution in [0.2, 0.25) is 0 Å². The summed E-state index contributed by atoms with van der Waals surface area (Å²) in [4.78, 5) is 0. The van der Waals surface area contributed by atoms with Gasteiger partial charge in [-0.15, -0.1) is 0 Å². The van der Waals surface area contributed by atoms with Crippen LogP contribution in [0.1, 0.15) is 6.42 Å². The van der Waals surface area contributed by atoms with Crippen molar-refractivity contribution in [2.45, 2.75) is 67.3 Å². The number of nitrogens with one attached hydrogen (secondary N) is 1. The summed E-state index contributed by atoms with van der Waals surface area (Å²) in [5.41, 5.74) is 0. The third-order valence-electron chi connectivity index (χ3n) is 4.63. The predicted molar refractivity (Wildman–Crippen MR) is 74.2 cm³/mol. The lowest BCUT2D eigenvalue weighted by molar-refractivity contribution is -0.235. The first-order valence-electron chi connectivity index (χ1n) is 7.53. The second-order valence-corrected chi connectivity index (χ2v) is 6.14. The molecule has 0 aromatic rings. The van der Waals surface area contributed by atoms with Gasteiger partial charge >= 0.3 is 0 Å². The standard InChI is InChI=1S/C13H25NO9/c15-2-5-9(18)12(21)8(17)4(14-5)1-6-10(19)13(22)11(20)7(3-16)23-6/h4-22H,1-3H2/t4-,5?,6-,7?,8?,9+,10?,11+,12?,13?/m0/s1. The van der Waals surface area contributed by atoms with Crippen molar-refractivity contribution in [2.24, 2.45) is 0 Å². The zero-order chi connectivity index (χ0) is 17.3. The van der Waals surface area contributed by atoms with E-state index in [9.17, 15) is 35.7 Å². The van der Waals surface area contributed by atoms with Gasteiger partial charge in [-0.2, -0.15) is 0 Å². The van der Waals surface area contributed by atoms with Crippen LogP contribution < -0.4 is 5.32 Å². The molecule has 0 aromatic heterocycles. The van der Waals surface area contributed by atoms with Gasteiger partial charge in [0.2, 0.25) is 0 Å². The molecule has 2 fully saturated rings. The average molecular weight is 339 g/mol. The fourth-order valence-corrected chi connectivity index (χ4v) is 3.14. The molecule has 0 spiro atoms. The lowest BCUT2D eigenvalue weighted by atomic mass is 9.85. The predicted octanol–water partition coefficient (Wildman–Crippen LogP) is -5.37. The number of hydrogen-bond acceptors (Lipinski definition) is 10. The molecular weight excluding hydrogens is 314 g/mol. The first-order valence-corrected chi connectivity index (χ1v) is 7.53. The second kappa shape index (κ2) is 7.66. The van der Waals surface area contributed by atoms with E-state index in [0.717, 1.165) is 0 Å². The molecule has 2 heterocycles. The maximum Gasteiger partial charge on any atom is 0.111 e. The largest absolute Gasteiger partial charge is 0.395 e. The Balaban J connectivity index is 2.07. The monoisotopic (exact) mass is 339 g/mol. The third kappa shape index (κ3) is 3.66. The van der Waals surface area contributed by atoms with Gasteiger partial charge < -0.3 is 50.9 Å². The molecule has 23 heavy (non-hydrogen) atoms. The Morgan fingerprint density at radius 2 is 1.13 bits per heavy atom. The third-order valence-corrected chi connectivity index (χ3v) is 4.63. The van der Waals surface area contributed by atoms with Crippen molar-refractivity contribution in [3.8, 4) is 0 Å². The van der Waals surface area contributed by atoms with Gasteiger partial charge in [-0.3, -0.25) is 0 Å². The molecule has 0 aliphatic carbocycles. The maximum atomic E-state index is 10.0. The zero-order valence-corrected chi connectivity index (χ0v) is 12.4. The van der Waals surface area contributed by atoms with Gasteiger partial charge in [-0.1, -0.05) is 0 Å². The minimum atomic E-state index is -1.53. The molecule has 2 aliphatic heterocycles. The smallest absolute Gasteiger partial charge is 0.111 e. The Labute approximate surface area is 132 Å². The summed E-state index contributed by atoms with van der Waals surface area (Å²) in [7, 11) is 0. The molecule has 10 nitrogen and oxygen atoms in total. The van der Waals surface area contributed by atoms with E-state index in [1.165, 1.54) is 0 Å². The van der Waals surface area contributed by atoms with Gasteiger partial charge in [0.25, 0.3) is 0 Å². The number of hydrogen-bond donors (Lipinski definition) is 9. The van der Waals surface area contributed by atoms with E-state index < -0.39 is 74.1 Å². The average Bonchev–Trinajstić information content (AvgIpc) is 2.55. The summed E-state index contributed by atoms with van der Waals surface area (Å²) in [6, 6.07) is -1.71. The van der Waals surface area contributed by atoms with Crippen molar-refractivity contribution in [3.63, 3.8) is 0 Å². The molecule has 0 aromatic carbocycles. The molecule has 10 heteroatoms. The summed E-state index contributed by atoms with van der Waals surface area (Å²) in [5.74, 6) is 0. The van der Waals surface area contributed by atoms with E-state index in [1.807, 2.05) is 0 Å². The summed E-state index contributed by atoms with van der Waals surface area (Å²) in [5, 5.41) is 80.1. The minimum Gasteiger partial charge on any atom is -0.395 e. The zero-order valence-electron chi connectivity index (χ0n) is 12.4. The highest BCUT2D eigenvalue weighted by Crippen LogP contribution is 2.27. The fourth-order valence-electron chi connectivity index (χ4n) is 3.14. The highest BCUT2D eigenvalue weighted by Gasteiger charge is 2.47. The first-order chi connectivity index (χ1) is 10.8. The minimum absolute atomic E-state index is 0.0805. The summed E-state index contributed by atoms with van der Waals surface area (Å²) in [6.07, 6.45) is -10.9. The van der Waals surface area contributed by atoms with Crippen molar-refractivity contribution in [1.82, 2.24) is 5.32 Å². The maximum absolute atomic E-state index is 10.0. The van der Waals surface area contributed by atoms with Gasteiger partial charge in [0.05, 0.1) is 37.6 Å². The van der Waals surface area contributed by atoms with Crippen molar-refractivity contribution >= 4 is 0 Å². The van der Waals surface area contributed by atoms with Gasteiger partial charge in [-0.25, -0.2) is 0 Å². The summed E-state index contributed by atoms with van der Waals surface area (Å²) in [6.45, 7) is -1.04. The van der Waals surface area contributed by atoms with Crippen LogP contribution >= 0.6 is 0 Å². The Bertz CT molecular complexity index is 348. The summed E-state index contributed by atoms with van der Waals surface area (Å²) >= 11 is 0. The molecule has 0 bridgehead atoms. The molecule has 2 aliphatic rings. The van der Waals surface area contributed by atoms with Crippen molar-refractivity contribution in [2.75, 3.05) is 13.2 Å². The van der Waals surface area contributed by atoms with Crippen LogP contribution in [0, 0.1) is 0 Å². The van der Waals surface area contributed by atoms with Crippen LogP contribution in [0.4, 0.5) is 0 Å². The first kappa shape index (κ1) is 18.9. The van der Waals surface area contributed by atoms with E-state index in [4.69, 9.17) is 9.84 Å². The van der Waals surface area contributed by atoms with Crippen LogP contribution in [0.15, 0.2) is 0 Å². The summed E-state index contributed by atoms with van der Waals surface area (Å²) < 4.78 is 5.34. The van der Waals surface area contributed by atoms with Crippen molar-refractivity contribution in [3.05, 3.63) is 0 Å². The van der Waals surface area contributed by atoms with Crippen LogP contribution in [0.5, 0.6) is 0 Å². The molecule has 136 valence electrons. The molecule has 2 saturated heterocycles. The number of piperidine rings is 1. The Morgan fingerprint density at radius 1 is 0.609 bits per heavy atom. The molecule has 9 N–H and O–H groups in total. The van der Waals surface area contributed by atoms with E-state index in [-0.39, 0.29) is 6.42 Å². The fraction of sp³-hybridized carbons (Fsp3) is 1.00. The number of aliphatic hydroxyl groups is 8. The molecule has 0 saturated carbocycles. The van der Waals surface area contributed by atoms with E-state index >= 15 is 0 Å². The molecule has 10 atom stereocenters. The highest BCUT2D eigenvalue weighted by atomic mass is 16.5.